The summed E-state index contributed by atoms with van der Waals surface area (Å²) >= 11 is 0. The lowest BCUT2D eigenvalue weighted by Crippen LogP contribution is -2.56. The lowest BCUT2D eigenvalue weighted by molar-refractivity contribution is 0.0536. The summed E-state index contributed by atoms with van der Waals surface area (Å²) in [6.45, 7) is 0.795. The number of urea groups is 1. The number of halogens is 2. The number of rotatable bonds is 7. The molecule has 3 amide bonds. The standard InChI is InChI=1S/C23H26F2N6O5/c24-23(25)9-18(23)28-21(34)16-3-4-17-20(27-16)31(13-2-1-7-30(17)10-13)22(35)29-19-8-15(5-6-26-19)36-12-14(33)11-32/h3-6,8,13-14,18,32-33H,1-2,7,9-12H2,(H,28,34)(H,26,29,35)/t13-,14+,18?/m0/s1. The third-order valence-corrected chi connectivity index (χ3v) is 6.39. The van der Waals surface area contributed by atoms with Crippen molar-refractivity contribution >= 4 is 29.3 Å². The number of aromatic nitrogens is 2. The monoisotopic (exact) mass is 504 g/mol. The molecule has 0 aromatic carbocycles. The van der Waals surface area contributed by atoms with Gasteiger partial charge in [0.05, 0.1) is 24.4 Å². The SMILES string of the molecule is O=C(NC1CC1(F)F)c1ccc2c(n1)N(C(=O)Nc1cc(OC[C@H](O)CO)ccn1)[C@H]1CCCN2C1. The largest absolute Gasteiger partial charge is 0.491 e. The Hall–Kier alpha value is -3.58. The van der Waals surface area contributed by atoms with Crippen LogP contribution in [-0.2, 0) is 0 Å². The van der Waals surface area contributed by atoms with Crippen molar-refractivity contribution in [1.82, 2.24) is 15.3 Å². The first-order valence-electron chi connectivity index (χ1n) is 11.7. The Labute approximate surface area is 205 Å². The van der Waals surface area contributed by atoms with E-state index in [0.29, 0.717) is 18.0 Å². The zero-order chi connectivity index (χ0) is 25.4. The fraction of sp³-hybridized carbons (Fsp3) is 0.478. The Morgan fingerprint density at radius 3 is 2.86 bits per heavy atom. The second kappa shape index (κ2) is 9.47. The van der Waals surface area contributed by atoms with Crippen LogP contribution in [-0.4, -0.2) is 82.5 Å². The molecule has 2 fully saturated rings. The summed E-state index contributed by atoms with van der Waals surface area (Å²) in [5.74, 6) is -2.81. The molecular formula is C23H26F2N6O5. The van der Waals surface area contributed by atoms with Crippen LogP contribution >= 0.6 is 0 Å². The van der Waals surface area contributed by atoms with Gasteiger partial charge in [-0.2, -0.15) is 0 Å². The maximum absolute atomic E-state index is 13.4. The number of carbonyl (C=O) groups is 2. The summed E-state index contributed by atoms with van der Waals surface area (Å²) < 4.78 is 31.9. The van der Waals surface area contributed by atoms with E-state index in [2.05, 4.69) is 25.5 Å². The van der Waals surface area contributed by atoms with E-state index in [1.165, 1.54) is 23.2 Å². The maximum Gasteiger partial charge on any atom is 0.329 e. The number of amides is 3. The van der Waals surface area contributed by atoms with E-state index >= 15 is 0 Å². The number of nitrogens with one attached hydrogen (secondary N) is 2. The summed E-state index contributed by atoms with van der Waals surface area (Å²) in [5.41, 5.74) is 0.629. The molecule has 4 heterocycles. The lowest BCUT2D eigenvalue weighted by atomic mass is 10.00. The third kappa shape index (κ3) is 4.88. The number of alkyl halides is 2. The van der Waals surface area contributed by atoms with Crippen molar-refractivity contribution in [2.45, 2.75) is 43.4 Å². The Kier molecular flexibility index (Phi) is 6.35. The number of aliphatic hydroxyl groups is 2. The van der Waals surface area contributed by atoms with E-state index < -0.39 is 43.0 Å². The summed E-state index contributed by atoms with van der Waals surface area (Å²) in [6.07, 6.45) is 1.58. The van der Waals surface area contributed by atoms with Crippen molar-refractivity contribution in [1.29, 1.82) is 0 Å². The molecule has 3 atom stereocenters. The molecule has 2 aromatic heterocycles. The second-order valence-corrected chi connectivity index (χ2v) is 9.10. The minimum atomic E-state index is -2.90. The Morgan fingerprint density at radius 2 is 2.11 bits per heavy atom. The molecule has 5 rings (SSSR count). The normalized spacial score (nSPS) is 22.3. The summed E-state index contributed by atoms with van der Waals surface area (Å²) in [7, 11) is 0. The fourth-order valence-electron chi connectivity index (χ4n) is 4.40. The zero-order valence-corrected chi connectivity index (χ0v) is 19.2. The third-order valence-electron chi connectivity index (χ3n) is 6.39. The van der Waals surface area contributed by atoms with Crippen LogP contribution in [0.5, 0.6) is 5.75 Å². The first-order chi connectivity index (χ1) is 17.2. The Bertz CT molecular complexity index is 1170. The molecule has 13 heteroatoms. The fourth-order valence-corrected chi connectivity index (χ4v) is 4.40. The smallest absolute Gasteiger partial charge is 0.329 e. The highest BCUT2D eigenvalue weighted by atomic mass is 19.3. The van der Waals surface area contributed by atoms with Gasteiger partial charge < -0.3 is 25.2 Å². The number of hydrogen-bond donors (Lipinski definition) is 4. The van der Waals surface area contributed by atoms with Gasteiger partial charge in [0.25, 0.3) is 11.8 Å². The number of anilines is 3. The Balaban J connectivity index is 1.37. The van der Waals surface area contributed by atoms with Crippen LogP contribution in [0.3, 0.4) is 0 Å². The van der Waals surface area contributed by atoms with E-state index in [0.717, 1.165) is 19.4 Å². The first-order valence-corrected chi connectivity index (χ1v) is 11.7. The molecule has 3 aliphatic rings. The lowest BCUT2D eigenvalue weighted by Gasteiger charge is -2.45. The minimum absolute atomic E-state index is 0.0496. The maximum atomic E-state index is 13.4. The van der Waals surface area contributed by atoms with Crippen LogP contribution in [0, 0.1) is 0 Å². The van der Waals surface area contributed by atoms with Crippen molar-refractivity contribution in [3.05, 3.63) is 36.2 Å². The van der Waals surface area contributed by atoms with Gasteiger partial charge in [0.2, 0.25) is 0 Å². The first kappa shape index (κ1) is 24.1. The molecule has 11 nitrogen and oxygen atoms in total. The molecule has 1 saturated heterocycles. The number of fused-ring (bicyclic) bond motifs is 4. The molecule has 1 aliphatic carbocycles. The number of hydrogen-bond acceptors (Lipinski definition) is 8. The van der Waals surface area contributed by atoms with Crippen molar-refractivity contribution in [3.63, 3.8) is 0 Å². The summed E-state index contributed by atoms with van der Waals surface area (Å²) in [4.78, 5) is 38.1. The molecule has 4 N–H and O–H groups in total. The van der Waals surface area contributed by atoms with E-state index in [1.54, 1.807) is 12.1 Å². The van der Waals surface area contributed by atoms with E-state index in [4.69, 9.17) is 9.84 Å². The highest BCUT2D eigenvalue weighted by molar-refractivity contribution is 6.04. The molecule has 36 heavy (non-hydrogen) atoms. The van der Waals surface area contributed by atoms with Gasteiger partial charge >= 0.3 is 6.03 Å². The van der Waals surface area contributed by atoms with Crippen LogP contribution in [0.1, 0.15) is 29.8 Å². The van der Waals surface area contributed by atoms with Crippen molar-refractivity contribution in [2.75, 3.05) is 41.4 Å². The van der Waals surface area contributed by atoms with Crippen LogP contribution in [0.4, 0.5) is 30.9 Å². The molecule has 1 unspecified atom stereocenters. The van der Waals surface area contributed by atoms with Gasteiger partial charge in [0.15, 0.2) is 5.82 Å². The van der Waals surface area contributed by atoms with Gasteiger partial charge in [-0.15, -0.1) is 0 Å². The van der Waals surface area contributed by atoms with Gasteiger partial charge in [-0.25, -0.2) is 23.5 Å². The van der Waals surface area contributed by atoms with E-state index in [9.17, 15) is 23.5 Å². The average Bonchev–Trinajstić information content (AvgIpc) is 3.47. The number of nitrogens with zero attached hydrogens (tertiary/aromatic N) is 4. The number of pyridine rings is 2. The van der Waals surface area contributed by atoms with E-state index in [-0.39, 0.29) is 30.0 Å². The molecule has 0 radical (unpaired) electrons. The topological polar surface area (TPSA) is 140 Å². The average molecular weight is 504 g/mol. The summed E-state index contributed by atoms with van der Waals surface area (Å²) in [6, 6.07) is 4.26. The number of carbonyl (C=O) groups excluding carboxylic acids is 2. The number of aliphatic hydroxyl groups excluding tert-OH is 2. The zero-order valence-electron chi connectivity index (χ0n) is 19.2. The van der Waals surface area contributed by atoms with Crippen LogP contribution in [0.15, 0.2) is 30.5 Å². The van der Waals surface area contributed by atoms with Crippen LogP contribution in [0.25, 0.3) is 0 Å². The molecule has 2 aliphatic heterocycles. The molecular weight excluding hydrogens is 478 g/mol. The van der Waals surface area contributed by atoms with Crippen molar-refractivity contribution < 1.29 is 33.3 Å². The molecule has 1 saturated carbocycles. The summed E-state index contributed by atoms with van der Waals surface area (Å²) in [5, 5.41) is 23.4. The number of piperidine rings is 1. The van der Waals surface area contributed by atoms with Crippen molar-refractivity contribution in [2.24, 2.45) is 0 Å². The predicted octanol–water partition coefficient (Wildman–Crippen LogP) is 1.37. The van der Waals surface area contributed by atoms with Gasteiger partial charge in [0, 0.05) is 31.8 Å². The molecule has 0 spiro atoms. The van der Waals surface area contributed by atoms with Gasteiger partial charge in [-0.1, -0.05) is 0 Å². The van der Waals surface area contributed by atoms with Crippen molar-refractivity contribution in [3.8, 4) is 5.75 Å². The Morgan fingerprint density at radius 1 is 1.31 bits per heavy atom. The highest BCUT2D eigenvalue weighted by Gasteiger charge is 2.58. The van der Waals surface area contributed by atoms with E-state index in [1.807, 2.05) is 0 Å². The van der Waals surface area contributed by atoms with Gasteiger partial charge in [-0.3, -0.25) is 15.0 Å². The van der Waals surface area contributed by atoms with Crippen LogP contribution in [0.2, 0.25) is 0 Å². The quantitative estimate of drug-likeness (QED) is 0.443. The highest BCUT2D eigenvalue weighted by Crippen LogP contribution is 2.42. The molecule has 2 bridgehead atoms. The second-order valence-electron chi connectivity index (χ2n) is 9.10. The minimum Gasteiger partial charge on any atom is -0.491 e. The molecule has 2 aromatic rings. The number of ether oxygens (including phenoxy) is 1. The van der Waals surface area contributed by atoms with Crippen LogP contribution < -0.4 is 25.2 Å². The van der Waals surface area contributed by atoms with Gasteiger partial charge in [-0.05, 0) is 31.0 Å². The van der Waals surface area contributed by atoms with Gasteiger partial charge in [0.1, 0.15) is 30.0 Å². The predicted molar refractivity (Wildman–Crippen MR) is 125 cm³/mol. The molecule has 192 valence electrons.